The zero-order valence-electron chi connectivity index (χ0n) is 14.1. The van der Waals surface area contributed by atoms with Gasteiger partial charge in [-0.3, -0.25) is 14.8 Å². The number of nitrogens with one attached hydrogen (secondary N) is 2. The Morgan fingerprint density at radius 3 is 2.67 bits per heavy atom. The summed E-state index contributed by atoms with van der Waals surface area (Å²) in [6.45, 7) is 0.710. The Morgan fingerprint density at radius 2 is 2.00 bits per heavy atom. The Hall–Kier alpha value is -2.98. The second-order valence-corrected chi connectivity index (χ2v) is 7.89. The number of H-pyrrole nitrogens is 1. The van der Waals surface area contributed by atoms with Crippen LogP contribution in [0.4, 0.5) is 11.4 Å². The molecule has 0 spiro atoms. The van der Waals surface area contributed by atoms with Crippen LogP contribution in [0, 0.1) is 10.1 Å². The standard InChI is InChI=1S/C17H16N4O5S/c22-21(23)12-4-6-13(7-5-12)27(24,25)20-11-3-8-14-15(10-11)19-17(18-14)16-2-1-9-26-16/h3-8,10,16,20H,1-2,9H2,(H,18,19). The highest BCUT2D eigenvalue weighted by molar-refractivity contribution is 7.92. The van der Waals surface area contributed by atoms with Gasteiger partial charge in [0.25, 0.3) is 15.7 Å². The summed E-state index contributed by atoms with van der Waals surface area (Å²) in [6, 6.07) is 9.70. The van der Waals surface area contributed by atoms with Crippen LogP contribution in [0.2, 0.25) is 0 Å². The number of nitro benzene ring substituents is 1. The van der Waals surface area contributed by atoms with E-state index in [9.17, 15) is 18.5 Å². The van der Waals surface area contributed by atoms with E-state index in [0.717, 1.165) is 36.3 Å². The summed E-state index contributed by atoms with van der Waals surface area (Å²) in [6.07, 6.45) is 1.83. The summed E-state index contributed by atoms with van der Waals surface area (Å²) in [7, 11) is -3.86. The first-order valence-corrected chi connectivity index (χ1v) is 9.79. The average molecular weight is 388 g/mol. The van der Waals surface area contributed by atoms with E-state index in [1.807, 2.05) is 0 Å². The molecule has 0 amide bonds. The van der Waals surface area contributed by atoms with Crippen LogP contribution in [0.15, 0.2) is 47.4 Å². The number of hydrogen-bond acceptors (Lipinski definition) is 6. The van der Waals surface area contributed by atoms with E-state index >= 15 is 0 Å². The molecule has 0 saturated carbocycles. The zero-order valence-corrected chi connectivity index (χ0v) is 14.9. The average Bonchev–Trinajstić information content (AvgIpc) is 3.30. The molecule has 1 aliphatic rings. The predicted molar refractivity (Wildman–Crippen MR) is 97.9 cm³/mol. The van der Waals surface area contributed by atoms with Crippen LogP contribution in [-0.2, 0) is 14.8 Å². The van der Waals surface area contributed by atoms with Crippen molar-refractivity contribution in [2.75, 3.05) is 11.3 Å². The highest BCUT2D eigenvalue weighted by Crippen LogP contribution is 2.29. The number of hydrogen-bond donors (Lipinski definition) is 2. The lowest BCUT2D eigenvalue weighted by Crippen LogP contribution is -2.12. The Kier molecular flexibility index (Phi) is 4.28. The van der Waals surface area contributed by atoms with Crippen molar-refractivity contribution in [2.24, 2.45) is 0 Å². The topological polar surface area (TPSA) is 127 Å². The molecule has 0 aliphatic carbocycles. The first-order chi connectivity index (χ1) is 12.9. The van der Waals surface area contributed by atoms with E-state index in [1.54, 1.807) is 18.2 Å². The predicted octanol–water partition coefficient (Wildman–Crippen LogP) is 3.12. The van der Waals surface area contributed by atoms with Crippen molar-refractivity contribution in [3.05, 3.63) is 58.4 Å². The highest BCUT2D eigenvalue weighted by Gasteiger charge is 2.21. The number of aromatic nitrogens is 2. The zero-order chi connectivity index (χ0) is 19.0. The summed E-state index contributed by atoms with van der Waals surface area (Å²) < 4.78 is 33.1. The fourth-order valence-electron chi connectivity index (χ4n) is 3.00. The Balaban J connectivity index is 1.59. The van der Waals surface area contributed by atoms with Gasteiger partial charge < -0.3 is 9.72 Å². The molecule has 140 valence electrons. The van der Waals surface area contributed by atoms with Gasteiger partial charge in [0.15, 0.2) is 0 Å². The molecule has 1 atom stereocenters. The number of rotatable bonds is 5. The number of non-ortho nitro benzene ring substituents is 1. The van der Waals surface area contributed by atoms with Crippen LogP contribution in [-0.4, -0.2) is 29.9 Å². The summed E-state index contributed by atoms with van der Waals surface area (Å²) in [5.74, 6) is 0.734. The molecule has 10 heteroatoms. The molecule has 3 aromatic rings. The molecule has 2 aromatic carbocycles. The van der Waals surface area contributed by atoms with Gasteiger partial charge in [0.1, 0.15) is 11.9 Å². The number of imidazole rings is 1. The number of anilines is 1. The van der Waals surface area contributed by atoms with E-state index in [4.69, 9.17) is 4.74 Å². The Morgan fingerprint density at radius 1 is 1.22 bits per heavy atom. The number of benzene rings is 2. The second kappa shape index (κ2) is 6.63. The number of nitro groups is 1. The van der Waals surface area contributed by atoms with Gasteiger partial charge in [-0.2, -0.15) is 0 Å². The molecule has 4 rings (SSSR count). The smallest absolute Gasteiger partial charge is 0.269 e. The van der Waals surface area contributed by atoms with Crippen molar-refractivity contribution >= 4 is 32.4 Å². The van der Waals surface area contributed by atoms with E-state index in [1.165, 1.54) is 12.1 Å². The van der Waals surface area contributed by atoms with Gasteiger partial charge in [0, 0.05) is 18.7 Å². The van der Waals surface area contributed by atoms with Crippen LogP contribution < -0.4 is 4.72 Å². The van der Waals surface area contributed by atoms with E-state index in [-0.39, 0.29) is 16.7 Å². The lowest BCUT2D eigenvalue weighted by atomic mass is 10.2. The molecule has 9 nitrogen and oxygen atoms in total. The molecule has 2 heterocycles. The Labute approximate surface area is 154 Å². The maximum Gasteiger partial charge on any atom is 0.269 e. The number of sulfonamides is 1. The van der Waals surface area contributed by atoms with Gasteiger partial charge in [0.05, 0.1) is 26.5 Å². The van der Waals surface area contributed by atoms with Gasteiger partial charge in [0.2, 0.25) is 0 Å². The maximum atomic E-state index is 12.5. The highest BCUT2D eigenvalue weighted by atomic mass is 32.2. The molecule has 2 N–H and O–H groups in total. The number of nitrogens with zero attached hydrogens (tertiary/aromatic N) is 2. The van der Waals surface area contributed by atoms with Gasteiger partial charge in [-0.1, -0.05) is 0 Å². The van der Waals surface area contributed by atoms with Crippen molar-refractivity contribution in [2.45, 2.75) is 23.8 Å². The van der Waals surface area contributed by atoms with Crippen LogP contribution in [0.5, 0.6) is 0 Å². The molecule has 0 radical (unpaired) electrons. The molecule has 1 fully saturated rings. The molecule has 0 bridgehead atoms. The van der Waals surface area contributed by atoms with Crippen molar-refractivity contribution in [1.29, 1.82) is 0 Å². The number of fused-ring (bicyclic) bond motifs is 1. The third-order valence-electron chi connectivity index (χ3n) is 4.34. The first kappa shape index (κ1) is 17.4. The normalized spacial score (nSPS) is 17.3. The van der Waals surface area contributed by atoms with E-state index in [0.29, 0.717) is 17.8 Å². The maximum absolute atomic E-state index is 12.5. The van der Waals surface area contributed by atoms with Crippen LogP contribution in [0.25, 0.3) is 11.0 Å². The summed E-state index contributed by atoms with van der Waals surface area (Å²) >= 11 is 0. The van der Waals surface area contributed by atoms with Gasteiger partial charge in [-0.05, 0) is 43.2 Å². The first-order valence-electron chi connectivity index (χ1n) is 8.31. The third kappa shape index (κ3) is 3.49. The van der Waals surface area contributed by atoms with Crippen LogP contribution >= 0.6 is 0 Å². The van der Waals surface area contributed by atoms with Gasteiger partial charge in [-0.25, -0.2) is 13.4 Å². The fraction of sp³-hybridized carbons (Fsp3) is 0.235. The summed E-state index contributed by atoms with van der Waals surface area (Å²) in [5.41, 5.74) is 1.61. The molecular formula is C17H16N4O5S. The fourth-order valence-corrected chi connectivity index (χ4v) is 4.05. The summed E-state index contributed by atoms with van der Waals surface area (Å²) in [5, 5.41) is 10.7. The lowest BCUT2D eigenvalue weighted by molar-refractivity contribution is -0.384. The minimum atomic E-state index is -3.86. The molecule has 1 saturated heterocycles. The summed E-state index contributed by atoms with van der Waals surface area (Å²) in [4.78, 5) is 17.7. The largest absolute Gasteiger partial charge is 0.370 e. The molecule has 27 heavy (non-hydrogen) atoms. The van der Waals surface area contributed by atoms with Crippen LogP contribution in [0.3, 0.4) is 0 Å². The minimum Gasteiger partial charge on any atom is -0.370 e. The quantitative estimate of drug-likeness (QED) is 0.511. The van der Waals surface area contributed by atoms with Crippen molar-refractivity contribution in [3.63, 3.8) is 0 Å². The monoisotopic (exact) mass is 388 g/mol. The second-order valence-electron chi connectivity index (χ2n) is 6.21. The van der Waals surface area contributed by atoms with E-state index < -0.39 is 14.9 Å². The SMILES string of the molecule is O=[N+]([O-])c1ccc(S(=O)(=O)Nc2ccc3nc(C4CCCO4)[nH]c3c2)cc1. The molecular weight excluding hydrogens is 372 g/mol. The van der Waals surface area contributed by atoms with Crippen molar-refractivity contribution < 1.29 is 18.1 Å². The van der Waals surface area contributed by atoms with Gasteiger partial charge in [-0.15, -0.1) is 0 Å². The molecule has 1 aromatic heterocycles. The lowest BCUT2D eigenvalue weighted by Gasteiger charge is -2.08. The number of ether oxygens (including phenoxy) is 1. The Bertz CT molecular complexity index is 1100. The number of aromatic amines is 1. The minimum absolute atomic E-state index is 0.0575. The van der Waals surface area contributed by atoms with Crippen molar-refractivity contribution in [3.8, 4) is 0 Å². The third-order valence-corrected chi connectivity index (χ3v) is 5.74. The van der Waals surface area contributed by atoms with Crippen molar-refractivity contribution in [1.82, 2.24) is 9.97 Å². The van der Waals surface area contributed by atoms with Crippen LogP contribution in [0.1, 0.15) is 24.8 Å². The van der Waals surface area contributed by atoms with Gasteiger partial charge >= 0.3 is 0 Å². The van der Waals surface area contributed by atoms with E-state index in [2.05, 4.69) is 14.7 Å². The molecule has 1 aliphatic heterocycles. The molecule has 1 unspecified atom stereocenters.